The summed E-state index contributed by atoms with van der Waals surface area (Å²) in [7, 11) is 0. The van der Waals surface area contributed by atoms with Gasteiger partial charge >= 0.3 is 0 Å². The molecule has 0 bridgehead atoms. The van der Waals surface area contributed by atoms with Crippen molar-refractivity contribution in [2.24, 2.45) is 11.8 Å². The van der Waals surface area contributed by atoms with Crippen molar-refractivity contribution in [3.8, 4) is 0 Å². The first-order valence-electron chi connectivity index (χ1n) is 10.4. The Labute approximate surface area is 151 Å². The van der Waals surface area contributed by atoms with Gasteiger partial charge in [-0.25, -0.2) is 0 Å². The molecule has 1 atom stereocenters. The third kappa shape index (κ3) is 3.48. The van der Waals surface area contributed by atoms with Gasteiger partial charge in [0.05, 0.1) is 6.54 Å². The molecule has 0 radical (unpaired) electrons. The molecule has 1 aromatic rings. The molecule has 0 saturated heterocycles. The van der Waals surface area contributed by atoms with Gasteiger partial charge in [0.1, 0.15) is 0 Å². The summed E-state index contributed by atoms with van der Waals surface area (Å²) in [6.07, 6.45) is 11.5. The van der Waals surface area contributed by atoms with Gasteiger partial charge in [0.15, 0.2) is 0 Å². The lowest BCUT2D eigenvalue weighted by molar-refractivity contribution is -0.124. The zero-order valence-corrected chi connectivity index (χ0v) is 15.1. The molecule has 1 N–H and O–H groups in total. The van der Waals surface area contributed by atoms with E-state index in [4.69, 9.17) is 0 Å². The Morgan fingerprint density at radius 1 is 1.04 bits per heavy atom. The first-order valence-corrected chi connectivity index (χ1v) is 10.4. The summed E-state index contributed by atoms with van der Waals surface area (Å²) in [6.45, 7) is 0.597. The predicted molar refractivity (Wildman–Crippen MR) is 99.2 cm³/mol. The molecule has 3 heteroatoms. The van der Waals surface area contributed by atoms with Crippen LogP contribution in [0.15, 0.2) is 24.3 Å². The van der Waals surface area contributed by atoms with Crippen molar-refractivity contribution < 1.29 is 4.79 Å². The van der Waals surface area contributed by atoms with Crippen LogP contribution >= 0.6 is 0 Å². The zero-order chi connectivity index (χ0) is 16.8. The summed E-state index contributed by atoms with van der Waals surface area (Å²) >= 11 is 0. The van der Waals surface area contributed by atoms with Crippen molar-refractivity contribution in [1.29, 1.82) is 0 Å². The molecule has 0 heterocycles. The van der Waals surface area contributed by atoms with Crippen molar-refractivity contribution in [1.82, 2.24) is 10.2 Å². The highest BCUT2D eigenvalue weighted by Gasteiger charge is 2.43. The largest absolute Gasteiger partial charge is 0.352 e. The highest BCUT2D eigenvalue weighted by Crippen LogP contribution is 2.45. The standard InChI is InChI=1S/C22H30N2O/c25-21(23-22(16-8-9-16)17-10-11-17)14-24(18-12-13-18)20-7-3-5-15-4-1-2-6-19(15)20/h1-2,4,6,16-18,20,22H,3,5,7-14H2,(H,23,25). The molecule has 0 spiro atoms. The fourth-order valence-corrected chi connectivity index (χ4v) is 4.90. The fraction of sp³-hybridized carbons (Fsp3) is 0.682. The minimum Gasteiger partial charge on any atom is -0.352 e. The SMILES string of the molecule is O=C(CN(C1CC1)C1CCCc2ccccc21)NC(C1CC1)C1CC1. The van der Waals surface area contributed by atoms with Crippen molar-refractivity contribution in [3.05, 3.63) is 35.4 Å². The topological polar surface area (TPSA) is 32.3 Å². The van der Waals surface area contributed by atoms with Gasteiger partial charge in [-0.05, 0) is 80.8 Å². The minimum absolute atomic E-state index is 0.277. The van der Waals surface area contributed by atoms with Crippen LogP contribution < -0.4 is 5.32 Å². The third-order valence-electron chi connectivity index (χ3n) is 6.67. The molecule has 3 fully saturated rings. The van der Waals surface area contributed by atoms with E-state index in [-0.39, 0.29) is 5.91 Å². The maximum atomic E-state index is 12.9. The predicted octanol–water partition coefficient (Wildman–Crippen LogP) is 3.83. The molecule has 3 nitrogen and oxygen atoms in total. The maximum Gasteiger partial charge on any atom is 0.234 e. The number of nitrogens with zero attached hydrogens (tertiary/aromatic N) is 1. The lowest BCUT2D eigenvalue weighted by Gasteiger charge is -2.36. The second-order valence-corrected chi connectivity index (χ2v) is 8.78. The third-order valence-corrected chi connectivity index (χ3v) is 6.67. The van der Waals surface area contributed by atoms with E-state index >= 15 is 0 Å². The number of nitrogens with one attached hydrogen (secondary N) is 1. The number of carbonyl (C=O) groups is 1. The Morgan fingerprint density at radius 2 is 1.76 bits per heavy atom. The van der Waals surface area contributed by atoms with Gasteiger partial charge in [-0.1, -0.05) is 24.3 Å². The quantitative estimate of drug-likeness (QED) is 0.819. The molecule has 134 valence electrons. The maximum absolute atomic E-state index is 12.9. The van der Waals surface area contributed by atoms with E-state index in [2.05, 4.69) is 34.5 Å². The molecular formula is C22H30N2O. The Hall–Kier alpha value is -1.35. The monoisotopic (exact) mass is 338 g/mol. The van der Waals surface area contributed by atoms with E-state index in [1.807, 2.05) is 0 Å². The van der Waals surface area contributed by atoms with Crippen molar-refractivity contribution >= 4 is 5.91 Å². The van der Waals surface area contributed by atoms with Gasteiger partial charge in [0.2, 0.25) is 5.91 Å². The van der Waals surface area contributed by atoms with Crippen LogP contribution in [0.3, 0.4) is 0 Å². The van der Waals surface area contributed by atoms with Crippen molar-refractivity contribution in [3.63, 3.8) is 0 Å². The zero-order valence-electron chi connectivity index (χ0n) is 15.1. The molecule has 1 amide bonds. The van der Waals surface area contributed by atoms with Gasteiger partial charge in [0.25, 0.3) is 0 Å². The highest BCUT2D eigenvalue weighted by molar-refractivity contribution is 5.78. The first-order chi connectivity index (χ1) is 12.3. The summed E-state index contributed by atoms with van der Waals surface area (Å²) in [6, 6.07) is 10.5. The summed E-state index contributed by atoms with van der Waals surface area (Å²) in [5.41, 5.74) is 2.98. The van der Waals surface area contributed by atoms with E-state index in [1.54, 1.807) is 0 Å². The van der Waals surface area contributed by atoms with Crippen LogP contribution in [0.25, 0.3) is 0 Å². The lowest BCUT2D eigenvalue weighted by atomic mass is 9.86. The van der Waals surface area contributed by atoms with Gasteiger partial charge in [0, 0.05) is 18.1 Å². The van der Waals surface area contributed by atoms with Gasteiger partial charge in [-0.2, -0.15) is 0 Å². The second kappa shape index (κ2) is 6.42. The molecule has 1 aromatic carbocycles. The van der Waals surface area contributed by atoms with Gasteiger partial charge in [-0.15, -0.1) is 0 Å². The number of benzene rings is 1. The molecule has 1 unspecified atom stereocenters. The second-order valence-electron chi connectivity index (χ2n) is 8.78. The number of hydrogen-bond donors (Lipinski definition) is 1. The van der Waals surface area contributed by atoms with E-state index in [0.29, 0.717) is 24.7 Å². The number of carbonyl (C=O) groups excluding carboxylic acids is 1. The number of fused-ring (bicyclic) bond motifs is 1. The smallest absolute Gasteiger partial charge is 0.234 e. The molecule has 25 heavy (non-hydrogen) atoms. The van der Waals surface area contributed by atoms with E-state index in [0.717, 1.165) is 11.8 Å². The van der Waals surface area contributed by atoms with Crippen LogP contribution in [0.1, 0.15) is 68.5 Å². The van der Waals surface area contributed by atoms with Crippen LogP contribution in [-0.4, -0.2) is 29.4 Å². The summed E-state index contributed by atoms with van der Waals surface area (Å²) in [4.78, 5) is 15.4. The van der Waals surface area contributed by atoms with E-state index < -0.39 is 0 Å². The molecule has 5 rings (SSSR count). The molecule has 4 aliphatic carbocycles. The number of aryl methyl sites for hydroxylation is 1. The Kier molecular flexibility index (Phi) is 4.08. The molecule has 0 aromatic heterocycles. The van der Waals surface area contributed by atoms with Crippen LogP contribution in [0.4, 0.5) is 0 Å². The average molecular weight is 338 g/mol. The number of rotatable bonds is 7. The van der Waals surface area contributed by atoms with Crippen LogP contribution in [0.2, 0.25) is 0 Å². The first kappa shape index (κ1) is 15.9. The van der Waals surface area contributed by atoms with Crippen molar-refractivity contribution in [2.45, 2.75) is 75.9 Å². The Morgan fingerprint density at radius 3 is 2.44 bits per heavy atom. The lowest BCUT2D eigenvalue weighted by Crippen LogP contribution is -2.46. The van der Waals surface area contributed by atoms with Crippen LogP contribution in [-0.2, 0) is 11.2 Å². The normalized spacial score (nSPS) is 25.9. The van der Waals surface area contributed by atoms with Crippen molar-refractivity contribution in [2.75, 3.05) is 6.54 Å². The van der Waals surface area contributed by atoms with E-state index in [9.17, 15) is 4.79 Å². The summed E-state index contributed by atoms with van der Waals surface area (Å²) < 4.78 is 0. The highest BCUT2D eigenvalue weighted by atomic mass is 16.2. The molecule has 3 saturated carbocycles. The minimum atomic E-state index is 0.277. The number of amides is 1. The number of hydrogen-bond acceptors (Lipinski definition) is 2. The molecular weight excluding hydrogens is 308 g/mol. The van der Waals surface area contributed by atoms with E-state index in [1.165, 1.54) is 68.9 Å². The Bertz CT molecular complexity index is 633. The molecule has 0 aliphatic heterocycles. The van der Waals surface area contributed by atoms with Crippen LogP contribution in [0.5, 0.6) is 0 Å². The van der Waals surface area contributed by atoms with Gasteiger partial charge in [-0.3, -0.25) is 9.69 Å². The average Bonchev–Trinajstić information content (AvgIpc) is 3.51. The van der Waals surface area contributed by atoms with Gasteiger partial charge < -0.3 is 5.32 Å². The Balaban J connectivity index is 1.29. The molecule has 4 aliphatic rings. The summed E-state index contributed by atoms with van der Waals surface area (Å²) in [5, 5.41) is 3.44. The fourth-order valence-electron chi connectivity index (χ4n) is 4.90. The van der Waals surface area contributed by atoms with Crippen LogP contribution in [0, 0.1) is 11.8 Å². The summed E-state index contributed by atoms with van der Waals surface area (Å²) in [5.74, 6) is 1.83.